The predicted octanol–water partition coefficient (Wildman–Crippen LogP) is 1.81. The quantitative estimate of drug-likeness (QED) is 0.753. The van der Waals surface area contributed by atoms with E-state index in [1.54, 1.807) is 6.33 Å². The van der Waals surface area contributed by atoms with Gasteiger partial charge in [0.05, 0.1) is 12.2 Å². The Kier molecular flexibility index (Phi) is 2.26. The Hall–Kier alpha value is -1.27. The highest BCUT2D eigenvalue weighted by molar-refractivity contribution is 9.10. The first-order chi connectivity index (χ1) is 7.75. The summed E-state index contributed by atoms with van der Waals surface area (Å²) in [6.45, 7) is 0.602. The number of nitrogens with zero attached hydrogens (tertiary/aromatic N) is 3. The van der Waals surface area contributed by atoms with Gasteiger partial charge >= 0.3 is 0 Å². The third kappa shape index (κ3) is 1.45. The van der Waals surface area contributed by atoms with E-state index in [1.165, 1.54) is 0 Å². The summed E-state index contributed by atoms with van der Waals surface area (Å²) >= 11 is 8.77. The van der Waals surface area contributed by atoms with E-state index in [-0.39, 0.29) is 0 Å². The van der Waals surface area contributed by atoms with Crippen molar-refractivity contribution in [3.63, 3.8) is 0 Å². The molecule has 0 bridgehead atoms. The average Bonchev–Trinajstić information content (AvgIpc) is 2.69. The molecule has 2 heterocycles. The van der Waals surface area contributed by atoms with Crippen molar-refractivity contribution in [2.45, 2.75) is 6.54 Å². The fraction of sp³-hybridized carbons (Fsp3) is 0.100. The lowest BCUT2D eigenvalue weighted by Gasteiger charge is -2.08. The van der Waals surface area contributed by atoms with Crippen LogP contribution in [0.4, 0.5) is 0 Å². The molecule has 1 aromatic carbocycles. The SMILES string of the molecule is S=C1NCc2nncn2-c2ccc(Br)cc21. The van der Waals surface area contributed by atoms with Crippen molar-refractivity contribution < 1.29 is 0 Å². The Labute approximate surface area is 106 Å². The molecule has 6 heteroatoms. The molecule has 0 spiro atoms. The van der Waals surface area contributed by atoms with E-state index in [2.05, 4.69) is 31.4 Å². The first kappa shape index (κ1) is 9.92. The lowest BCUT2D eigenvalue weighted by atomic mass is 10.2. The summed E-state index contributed by atoms with van der Waals surface area (Å²) < 4.78 is 2.96. The van der Waals surface area contributed by atoms with Gasteiger partial charge in [-0.1, -0.05) is 28.1 Å². The summed E-state index contributed by atoms with van der Waals surface area (Å²) in [5, 5.41) is 11.1. The molecule has 0 unspecified atom stereocenters. The molecule has 1 N–H and O–H groups in total. The zero-order valence-electron chi connectivity index (χ0n) is 8.14. The summed E-state index contributed by atoms with van der Waals surface area (Å²) in [7, 11) is 0. The van der Waals surface area contributed by atoms with E-state index >= 15 is 0 Å². The van der Waals surface area contributed by atoms with Crippen LogP contribution in [0.2, 0.25) is 0 Å². The van der Waals surface area contributed by atoms with Gasteiger partial charge in [-0.3, -0.25) is 4.57 Å². The summed E-state index contributed by atoms with van der Waals surface area (Å²) in [6, 6.07) is 5.99. The second-order valence-corrected chi connectivity index (χ2v) is 4.79. The summed E-state index contributed by atoms with van der Waals surface area (Å²) in [5.74, 6) is 0.864. The molecule has 1 aromatic heterocycles. The van der Waals surface area contributed by atoms with Crippen molar-refractivity contribution in [2.75, 3.05) is 0 Å². The predicted molar refractivity (Wildman–Crippen MR) is 67.6 cm³/mol. The number of aromatic nitrogens is 3. The largest absolute Gasteiger partial charge is 0.368 e. The second-order valence-electron chi connectivity index (χ2n) is 3.46. The zero-order chi connectivity index (χ0) is 11.1. The standard InChI is InChI=1S/C10H7BrN4S/c11-6-1-2-8-7(3-6)10(16)12-4-9-14-13-5-15(8)9/h1-3,5H,4H2,(H,12,16). The van der Waals surface area contributed by atoms with Crippen molar-refractivity contribution in [3.8, 4) is 5.69 Å². The Bertz CT molecular complexity index is 578. The number of hydrogen-bond acceptors (Lipinski definition) is 3. The van der Waals surface area contributed by atoms with Gasteiger partial charge in [-0.2, -0.15) is 0 Å². The van der Waals surface area contributed by atoms with Crippen molar-refractivity contribution in [1.29, 1.82) is 0 Å². The molecule has 0 amide bonds. The van der Waals surface area contributed by atoms with Crippen LogP contribution in [-0.4, -0.2) is 19.8 Å². The van der Waals surface area contributed by atoms with Gasteiger partial charge in [0.15, 0.2) is 5.82 Å². The van der Waals surface area contributed by atoms with E-state index in [4.69, 9.17) is 12.2 Å². The van der Waals surface area contributed by atoms with Crippen LogP contribution in [0.25, 0.3) is 5.69 Å². The van der Waals surface area contributed by atoms with E-state index in [1.807, 2.05) is 22.8 Å². The Morgan fingerprint density at radius 3 is 3.19 bits per heavy atom. The van der Waals surface area contributed by atoms with Gasteiger partial charge in [0.25, 0.3) is 0 Å². The third-order valence-electron chi connectivity index (χ3n) is 2.49. The lowest BCUT2D eigenvalue weighted by molar-refractivity contribution is 0.813. The molecular weight excluding hydrogens is 288 g/mol. The Morgan fingerprint density at radius 1 is 1.44 bits per heavy atom. The number of benzene rings is 1. The Morgan fingerprint density at radius 2 is 2.31 bits per heavy atom. The van der Waals surface area contributed by atoms with Crippen LogP contribution in [0.1, 0.15) is 11.4 Å². The van der Waals surface area contributed by atoms with Crippen LogP contribution in [0.3, 0.4) is 0 Å². The third-order valence-corrected chi connectivity index (χ3v) is 3.35. The van der Waals surface area contributed by atoms with Crippen LogP contribution >= 0.6 is 28.1 Å². The van der Waals surface area contributed by atoms with Gasteiger partial charge < -0.3 is 5.32 Å². The number of fused-ring (bicyclic) bond motifs is 3. The van der Waals surface area contributed by atoms with Crippen molar-refractivity contribution in [2.24, 2.45) is 0 Å². The maximum atomic E-state index is 5.33. The molecule has 0 radical (unpaired) electrons. The van der Waals surface area contributed by atoms with E-state index in [0.29, 0.717) is 6.54 Å². The smallest absolute Gasteiger partial charge is 0.156 e. The van der Waals surface area contributed by atoms with Gasteiger partial charge in [0.2, 0.25) is 0 Å². The van der Waals surface area contributed by atoms with Crippen molar-refractivity contribution in [1.82, 2.24) is 20.1 Å². The van der Waals surface area contributed by atoms with E-state index in [0.717, 1.165) is 26.5 Å². The highest BCUT2D eigenvalue weighted by atomic mass is 79.9. The molecule has 2 aromatic rings. The van der Waals surface area contributed by atoms with Gasteiger partial charge in [0.1, 0.15) is 11.3 Å². The number of thiocarbonyl (C=S) groups is 1. The van der Waals surface area contributed by atoms with Crippen LogP contribution < -0.4 is 5.32 Å². The molecule has 3 rings (SSSR count). The normalized spacial score (nSPS) is 13.7. The first-order valence-corrected chi connectivity index (χ1v) is 5.93. The topological polar surface area (TPSA) is 42.7 Å². The molecule has 4 nitrogen and oxygen atoms in total. The molecule has 0 saturated carbocycles. The molecule has 0 atom stereocenters. The highest BCUT2D eigenvalue weighted by Gasteiger charge is 2.17. The highest BCUT2D eigenvalue weighted by Crippen LogP contribution is 2.23. The van der Waals surface area contributed by atoms with Crippen LogP contribution in [0, 0.1) is 0 Å². The molecule has 1 aliphatic heterocycles. The van der Waals surface area contributed by atoms with Crippen molar-refractivity contribution >= 4 is 33.1 Å². The number of rotatable bonds is 0. The maximum Gasteiger partial charge on any atom is 0.156 e. The summed E-state index contributed by atoms with van der Waals surface area (Å²) in [4.78, 5) is 0.738. The van der Waals surface area contributed by atoms with Gasteiger partial charge in [-0.25, -0.2) is 0 Å². The molecule has 80 valence electrons. The minimum atomic E-state index is 0.602. The monoisotopic (exact) mass is 294 g/mol. The molecule has 16 heavy (non-hydrogen) atoms. The minimum Gasteiger partial charge on any atom is -0.368 e. The molecule has 0 saturated heterocycles. The average molecular weight is 295 g/mol. The fourth-order valence-electron chi connectivity index (χ4n) is 1.74. The number of hydrogen-bond donors (Lipinski definition) is 1. The number of nitrogens with one attached hydrogen (secondary N) is 1. The Balaban J connectivity index is 2.31. The minimum absolute atomic E-state index is 0.602. The summed E-state index contributed by atoms with van der Waals surface area (Å²) in [5.41, 5.74) is 2.00. The van der Waals surface area contributed by atoms with Gasteiger partial charge in [-0.15, -0.1) is 10.2 Å². The first-order valence-electron chi connectivity index (χ1n) is 4.73. The zero-order valence-corrected chi connectivity index (χ0v) is 10.5. The molecule has 0 aliphatic carbocycles. The van der Waals surface area contributed by atoms with Crippen LogP contribution in [0.15, 0.2) is 29.0 Å². The lowest BCUT2D eigenvalue weighted by Crippen LogP contribution is -2.20. The van der Waals surface area contributed by atoms with E-state index < -0.39 is 0 Å². The maximum absolute atomic E-state index is 5.33. The fourth-order valence-corrected chi connectivity index (χ4v) is 2.33. The van der Waals surface area contributed by atoms with E-state index in [9.17, 15) is 0 Å². The van der Waals surface area contributed by atoms with Crippen LogP contribution in [-0.2, 0) is 6.54 Å². The molecular formula is C10H7BrN4S. The van der Waals surface area contributed by atoms with Crippen LogP contribution in [0.5, 0.6) is 0 Å². The van der Waals surface area contributed by atoms with Gasteiger partial charge in [-0.05, 0) is 18.2 Å². The summed E-state index contributed by atoms with van der Waals surface area (Å²) in [6.07, 6.45) is 1.71. The number of halogens is 1. The molecule has 1 aliphatic rings. The van der Waals surface area contributed by atoms with Crippen molar-refractivity contribution in [3.05, 3.63) is 40.4 Å². The second kappa shape index (κ2) is 3.64. The molecule has 0 fully saturated rings. The van der Waals surface area contributed by atoms with Gasteiger partial charge in [0, 0.05) is 10.0 Å².